The van der Waals surface area contributed by atoms with E-state index in [1.807, 2.05) is 30.3 Å². The number of aliphatic imine (C=N–C) groups is 1. The number of thiophene rings is 1. The number of furan rings is 1. The van der Waals surface area contributed by atoms with E-state index in [-0.39, 0.29) is 11.9 Å². The van der Waals surface area contributed by atoms with Crippen LogP contribution in [-0.4, -0.2) is 18.2 Å². The van der Waals surface area contributed by atoms with Crippen LogP contribution < -0.4 is 5.32 Å². The highest BCUT2D eigenvalue weighted by Crippen LogP contribution is 2.40. The first-order valence-electron chi connectivity index (χ1n) is 11.6. The SMILES string of the molecule is O=C(NC1CCCCC1)c1c(N=Cc2ccc(-c3ccc(Br)c(Cl)c3)o2)sc2c1CCCC2. The standard InChI is InChI=1S/C26H26BrClN2O2S/c27-20-12-10-16(14-21(20)28)22-13-11-18(32-22)15-29-26-24(19-8-4-5-9-23(19)33-26)25(31)30-17-6-2-1-3-7-17/h10-15,17H,1-9H2,(H,30,31). The maximum atomic E-state index is 13.3. The Morgan fingerprint density at radius 2 is 1.94 bits per heavy atom. The number of hydrogen-bond acceptors (Lipinski definition) is 4. The lowest BCUT2D eigenvalue weighted by Gasteiger charge is -2.23. The first kappa shape index (κ1) is 22.9. The van der Waals surface area contributed by atoms with Gasteiger partial charge in [0.15, 0.2) is 0 Å². The molecule has 7 heteroatoms. The van der Waals surface area contributed by atoms with Crippen LogP contribution in [0.1, 0.15) is 71.5 Å². The molecule has 172 valence electrons. The fraction of sp³-hybridized carbons (Fsp3) is 0.385. The van der Waals surface area contributed by atoms with Crippen LogP contribution in [0.15, 0.2) is 44.2 Å². The van der Waals surface area contributed by atoms with Crippen LogP contribution in [0.3, 0.4) is 0 Å². The molecule has 2 aliphatic carbocycles. The minimum absolute atomic E-state index is 0.0399. The van der Waals surface area contributed by atoms with Crippen molar-refractivity contribution in [3.05, 3.63) is 61.6 Å². The van der Waals surface area contributed by atoms with Gasteiger partial charge < -0.3 is 9.73 Å². The first-order valence-corrected chi connectivity index (χ1v) is 13.6. The van der Waals surface area contributed by atoms with Crippen LogP contribution in [0.5, 0.6) is 0 Å². The van der Waals surface area contributed by atoms with E-state index in [0.29, 0.717) is 10.8 Å². The summed E-state index contributed by atoms with van der Waals surface area (Å²) in [5, 5.41) is 4.73. The van der Waals surface area contributed by atoms with Gasteiger partial charge in [-0.05, 0) is 84.3 Å². The van der Waals surface area contributed by atoms with E-state index in [1.165, 1.54) is 36.1 Å². The smallest absolute Gasteiger partial charge is 0.254 e. The monoisotopic (exact) mass is 544 g/mol. The predicted octanol–water partition coefficient (Wildman–Crippen LogP) is 8.12. The molecule has 0 saturated heterocycles. The normalized spacial score (nSPS) is 16.8. The van der Waals surface area contributed by atoms with E-state index in [9.17, 15) is 4.79 Å². The summed E-state index contributed by atoms with van der Waals surface area (Å²) in [4.78, 5) is 19.4. The van der Waals surface area contributed by atoms with E-state index < -0.39 is 0 Å². The van der Waals surface area contributed by atoms with E-state index >= 15 is 0 Å². The molecule has 1 saturated carbocycles. The highest BCUT2D eigenvalue weighted by molar-refractivity contribution is 9.10. The Bertz CT molecular complexity index is 1190. The third-order valence-electron chi connectivity index (χ3n) is 6.46. The maximum Gasteiger partial charge on any atom is 0.254 e. The molecule has 0 unspecified atom stereocenters. The second-order valence-corrected chi connectivity index (χ2v) is 11.1. The highest BCUT2D eigenvalue weighted by atomic mass is 79.9. The molecule has 1 fully saturated rings. The van der Waals surface area contributed by atoms with Crippen LogP contribution in [-0.2, 0) is 12.8 Å². The lowest BCUT2D eigenvalue weighted by Crippen LogP contribution is -2.36. The quantitative estimate of drug-likeness (QED) is 0.329. The highest BCUT2D eigenvalue weighted by Gasteiger charge is 2.27. The van der Waals surface area contributed by atoms with Crippen molar-refractivity contribution < 1.29 is 9.21 Å². The molecular weight excluding hydrogens is 520 g/mol. The van der Waals surface area contributed by atoms with E-state index in [0.717, 1.165) is 58.5 Å². The fourth-order valence-corrected chi connectivity index (χ4v) is 6.39. The lowest BCUT2D eigenvalue weighted by atomic mass is 9.93. The molecule has 2 heterocycles. The number of rotatable bonds is 5. The largest absolute Gasteiger partial charge is 0.455 e. The van der Waals surface area contributed by atoms with Crippen LogP contribution in [0.4, 0.5) is 5.00 Å². The zero-order valence-electron chi connectivity index (χ0n) is 18.3. The molecule has 0 atom stereocenters. The molecule has 1 aromatic carbocycles. The zero-order valence-corrected chi connectivity index (χ0v) is 21.5. The number of carbonyl (C=O) groups is 1. The Morgan fingerprint density at radius 3 is 2.76 bits per heavy atom. The van der Waals surface area contributed by atoms with Crippen LogP contribution in [0, 0.1) is 0 Å². The average molecular weight is 546 g/mol. The summed E-state index contributed by atoms with van der Waals surface area (Å²) in [6.07, 6.45) is 11.8. The Hall–Kier alpha value is -1.89. The summed E-state index contributed by atoms with van der Waals surface area (Å²) < 4.78 is 6.84. The van der Waals surface area contributed by atoms with Crippen LogP contribution in [0.2, 0.25) is 5.02 Å². The predicted molar refractivity (Wildman–Crippen MR) is 139 cm³/mol. The number of fused-ring (bicyclic) bond motifs is 1. The summed E-state index contributed by atoms with van der Waals surface area (Å²) in [5.41, 5.74) is 2.89. The van der Waals surface area contributed by atoms with Gasteiger partial charge in [0.25, 0.3) is 5.91 Å². The Kier molecular flexibility index (Phi) is 7.05. The second-order valence-electron chi connectivity index (χ2n) is 8.79. The number of aryl methyl sites for hydroxylation is 1. The molecule has 4 nitrogen and oxygen atoms in total. The molecule has 5 rings (SSSR count). The van der Waals surface area contributed by atoms with Gasteiger partial charge in [-0.15, -0.1) is 11.3 Å². The van der Waals surface area contributed by atoms with Crippen molar-refractivity contribution in [2.45, 2.75) is 63.8 Å². The van der Waals surface area contributed by atoms with E-state index in [2.05, 4.69) is 21.2 Å². The minimum atomic E-state index is 0.0399. The molecule has 0 aliphatic heterocycles. The third-order valence-corrected chi connectivity index (χ3v) is 8.89. The molecule has 0 bridgehead atoms. The number of amides is 1. The van der Waals surface area contributed by atoms with Crippen molar-refractivity contribution >= 4 is 56.0 Å². The van der Waals surface area contributed by atoms with Gasteiger partial charge in [0.2, 0.25) is 0 Å². The molecule has 2 aromatic heterocycles. The number of nitrogens with zero attached hydrogens (tertiary/aromatic N) is 1. The van der Waals surface area contributed by atoms with Gasteiger partial charge in [-0.3, -0.25) is 4.79 Å². The molecule has 3 aromatic rings. The lowest BCUT2D eigenvalue weighted by molar-refractivity contribution is 0.0927. The van der Waals surface area contributed by atoms with Gasteiger partial charge in [0.05, 0.1) is 16.8 Å². The summed E-state index contributed by atoms with van der Waals surface area (Å²) in [5.74, 6) is 1.42. The topological polar surface area (TPSA) is 54.6 Å². The number of hydrogen-bond donors (Lipinski definition) is 1. The van der Waals surface area contributed by atoms with Crippen molar-refractivity contribution in [3.8, 4) is 11.3 Å². The number of nitrogens with one attached hydrogen (secondary N) is 1. The van der Waals surface area contributed by atoms with Crippen molar-refractivity contribution in [2.75, 3.05) is 0 Å². The number of halogens is 2. The van der Waals surface area contributed by atoms with E-state index in [4.69, 9.17) is 21.0 Å². The van der Waals surface area contributed by atoms with Gasteiger partial charge in [0, 0.05) is 21.0 Å². The first-order chi connectivity index (χ1) is 16.1. The van der Waals surface area contributed by atoms with Gasteiger partial charge >= 0.3 is 0 Å². The molecule has 0 spiro atoms. The second kappa shape index (κ2) is 10.2. The average Bonchev–Trinajstić information content (AvgIpc) is 3.44. The maximum absolute atomic E-state index is 13.3. The van der Waals surface area contributed by atoms with Crippen molar-refractivity contribution in [2.24, 2.45) is 4.99 Å². The fourth-order valence-electron chi connectivity index (χ4n) is 4.73. The summed E-state index contributed by atoms with van der Waals surface area (Å²) in [7, 11) is 0. The Balaban J connectivity index is 1.40. The Labute approximate surface area is 211 Å². The minimum Gasteiger partial charge on any atom is -0.455 e. The molecule has 2 aliphatic rings. The van der Waals surface area contributed by atoms with Crippen LogP contribution >= 0.6 is 38.9 Å². The summed E-state index contributed by atoms with van der Waals surface area (Å²) in [6.45, 7) is 0. The molecule has 33 heavy (non-hydrogen) atoms. The summed E-state index contributed by atoms with van der Waals surface area (Å²) >= 11 is 11.3. The number of carbonyl (C=O) groups excluding carboxylic acids is 1. The van der Waals surface area contributed by atoms with Gasteiger partial charge in [-0.1, -0.05) is 36.9 Å². The van der Waals surface area contributed by atoms with Gasteiger partial charge in [0.1, 0.15) is 16.5 Å². The molecule has 1 N–H and O–H groups in total. The summed E-state index contributed by atoms with van der Waals surface area (Å²) in [6, 6.07) is 9.82. The van der Waals surface area contributed by atoms with Crippen molar-refractivity contribution in [3.63, 3.8) is 0 Å². The van der Waals surface area contributed by atoms with Crippen molar-refractivity contribution in [1.29, 1.82) is 0 Å². The molecular formula is C26H26BrClN2O2S. The van der Waals surface area contributed by atoms with Crippen LogP contribution in [0.25, 0.3) is 11.3 Å². The molecule has 0 radical (unpaired) electrons. The van der Waals surface area contributed by atoms with Crippen molar-refractivity contribution in [1.82, 2.24) is 5.32 Å². The molecule has 1 amide bonds. The van der Waals surface area contributed by atoms with Gasteiger partial charge in [-0.2, -0.15) is 0 Å². The number of benzene rings is 1. The third kappa shape index (κ3) is 5.13. The van der Waals surface area contributed by atoms with E-state index in [1.54, 1.807) is 17.6 Å². The Morgan fingerprint density at radius 1 is 1.12 bits per heavy atom. The van der Waals surface area contributed by atoms with Gasteiger partial charge in [-0.25, -0.2) is 4.99 Å². The zero-order chi connectivity index (χ0) is 22.8.